The topological polar surface area (TPSA) is 137 Å². The first-order valence-electron chi connectivity index (χ1n) is 11.4. The number of thiophene rings is 2. The predicted molar refractivity (Wildman–Crippen MR) is 146 cm³/mol. The summed E-state index contributed by atoms with van der Waals surface area (Å²) >= 11 is 1.79. The van der Waals surface area contributed by atoms with Crippen LogP contribution in [0.2, 0.25) is 0 Å². The van der Waals surface area contributed by atoms with E-state index in [-0.39, 0.29) is 39.3 Å². The molecule has 2 aromatic heterocycles. The first-order valence-corrected chi connectivity index (χ1v) is 13.0. The summed E-state index contributed by atoms with van der Waals surface area (Å²) in [6, 6.07) is 15.6. The molecule has 0 aliphatic carbocycles. The van der Waals surface area contributed by atoms with Crippen LogP contribution in [0, 0.1) is 10.1 Å². The first-order chi connectivity index (χ1) is 18.3. The van der Waals surface area contributed by atoms with E-state index in [1.54, 1.807) is 26.0 Å². The fourth-order valence-electron chi connectivity index (χ4n) is 3.53. The van der Waals surface area contributed by atoms with E-state index in [1.165, 1.54) is 18.3 Å². The molecule has 0 saturated carbocycles. The van der Waals surface area contributed by atoms with E-state index in [0.29, 0.717) is 10.4 Å². The number of carbonyl (C=O) groups excluding carboxylic acids is 3. The van der Waals surface area contributed by atoms with Gasteiger partial charge in [0, 0.05) is 17.8 Å². The van der Waals surface area contributed by atoms with Gasteiger partial charge in [0.1, 0.15) is 21.1 Å². The molecule has 0 aliphatic rings. The second-order valence-electron chi connectivity index (χ2n) is 7.63. The average Bonchev–Trinajstić information content (AvgIpc) is 3.52. The van der Waals surface area contributed by atoms with Crippen molar-refractivity contribution in [1.82, 2.24) is 0 Å². The van der Waals surface area contributed by atoms with Crippen molar-refractivity contribution < 1.29 is 28.8 Å². The Kier molecular flexibility index (Phi) is 8.24. The number of nitrogens with zero attached hydrogens (tertiary/aromatic N) is 2. The molecule has 12 heteroatoms. The summed E-state index contributed by atoms with van der Waals surface area (Å²) < 4.78 is 10.3. The number of esters is 2. The number of anilines is 1. The summed E-state index contributed by atoms with van der Waals surface area (Å²) in [4.78, 5) is 54.3. The van der Waals surface area contributed by atoms with E-state index in [1.807, 2.05) is 30.3 Å². The largest absolute Gasteiger partial charge is 0.462 e. The summed E-state index contributed by atoms with van der Waals surface area (Å²) in [6.45, 7) is 3.30. The molecule has 38 heavy (non-hydrogen) atoms. The summed E-state index contributed by atoms with van der Waals surface area (Å²) in [5.41, 5.74) is 0.0145. The zero-order valence-electron chi connectivity index (χ0n) is 20.3. The van der Waals surface area contributed by atoms with E-state index >= 15 is 0 Å². The minimum Gasteiger partial charge on any atom is -0.462 e. The fourth-order valence-corrected chi connectivity index (χ4v) is 5.24. The Hall–Kier alpha value is -4.42. The van der Waals surface area contributed by atoms with Crippen LogP contribution >= 0.6 is 22.7 Å². The number of aliphatic imine (C=N–C) groups is 1. The number of benzene rings is 2. The third kappa shape index (κ3) is 5.76. The molecule has 4 aromatic rings. The van der Waals surface area contributed by atoms with Crippen molar-refractivity contribution >= 4 is 72.5 Å². The van der Waals surface area contributed by atoms with Crippen LogP contribution in [0.4, 0.5) is 15.0 Å². The van der Waals surface area contributed by atoms with Crippen molar-refractivity contribution in [2.24, 2.45) is 4.99 Å². The highest BCUT2D eigenvalue weighted by Gasteiger charge is 2.31. The number of ether oxygens (including phenoxy) is 2. The van der Waals surface area contributed by atoms with E-state index in [9.17, 15) is 24.5 Å². The molecule has 4 rings (SSSR count). The number of nitro groups is 1. The number of amides is 1. The van der Waals surface area contributed by atoms with Crippen LogP contribution in [0.25, 0.3) is 10.8 Å². The lowest BCUT2D eigenvalue weighted by atomic mass is 10.1. The number of hydrogen-bond donors (Lipinski definition) is 1. The summed E-state index contributed by atoms with van der Waals surface area (Å²) in [7, 11) is 0. The van der Waals surface area contributed by atoms with Gasteiger partial charge < -0.3 is 14.8 Å². The van der Waals surface area contributed by atoms with Crippen molar-refractivity contribution in [3.8, 4) is 0 Å². The van der Waals surface area contributed by atoms with Crippen LogP contribution in [0.15, 0.2) is 59.6 Å². The maximum absolute atomic E-state index is 13.2. The third-order valence-electron chi connectivity index (χ3n) is 5.19. The molecule has 2 heterocycles. The highest BCUT2D eigenvalue weighted by atomic mass is 32.1. The van der Waals surface area contributed by atoms with Gasteiger partial charge in [0.15, 0.2) is 0 Å². The Bertz CT molecular complexity index is 1570. The quantitative estimate of drug-likeness (QED) is 0.113. The molecule has 0 radical (unpaired) electrons. The van der Waals surface area contributed by atoms with Crippen LogP contribution in [0.5, 0.6) is 0 Å². The molecule has 0 aliphatic heterocycles. The molecule has 194 valence electrons. The molecule has 2 aromatic carbocycles. The molecule has 0 bridgehead atoms. The van der Waals surface area contributed by atoms with E-state index < -0.39 is 22.8 Å². The van der Waals surface area contributed by atoms with Crippen molar-refractivity contribution in [1.29, 1.82) is 0 Å². The van der Waals surface area contributed by atoms with Gasteiger partial charge >= 0.3 is 16.9 Å². The lowest BCUT2D eigenvalue weighted by molar-refractivity contribution is -0.380. The van der Waals surface area contributed by atoms with Gasteiger partial charge in [-0.1, -0.05) is 53.0 Å². The minimum absolute atomic E-state index is 0.0342. The molecule has 0 saturated heterocycles. The maximum atomic E-state index is 13.2. The Labute approximate surface area is 224 Å². The SMILES string of the molecule is CCOC(=O)c1c(N=Cc2ccc([N+](=O)[O-])s2)sc(NC(=O)c2ccc3ccccc3c2)c1C(=O)OCC. The van der Waals surface area contributed by atoms with Crippen molar-refractivity contribution in [2.45, 2.75) is 13.8 Å². The van der Waals surface area contributed by atoms with Gasteiger partial charge in [-0.2, -0.15) is 0 Å². The standard InChI is InChI=1S/C26H21N3O7S2/c1-3-35-25(31)20-21(26(32)36-4-2)24(38-23(20)27-14-18-11-12-19(37-18)29(33)34)28-22(30)17-10-9-15-7-5-6-8-16(15)13-17/h5-14H,3-4H2,1-2H3,(H,28,30). The highest BCUT2D eigenvalue weighted by Crippen LogP contribution is 2.41. The van der Waals surface area contributed by atoms with Crippen LogP contribution in [0.1, 0.15) is 49.8 Å². The van der Waals surface area contributed by atoms with Gasteiger partial charge in [0.05, 0.1) is 23.0 Å². The normalized spacial score (nSPS) is 11.0. The summed E-state index contributed by atoms with van der Waals surface area (Å²) in [5, 5.41) is 15.6. The number of carbonyl (C=O) groups is 3. The van der Waals surface area contributed by atoms with E-state index in [2.05, 4.69) is 10.3 Å². The first kappa shape index (κ1) is 26.6. The summed E-state index contributed by atoms with van der Waals surface area (Å²) in [6.07, 6.45) is 1.34. The van der Waals surface area contributed by atoms with Gasteiger partial charge in [-0.25, -0.2) is 14.6 Å². The van der Waals surface area contributed by atoms with Crippen molar-refractivity contribution in [2.75, 3.05) is 18.5 Å². The van der Waals surface area contributed by atoms with Gasteiger partial charge in [-0.05, 0) is 42.8 Å². The van der Waals surface area contributed by atoms with Crippen LogP contribution in [-0.4, -0.2) is 42.2 Å². The molecule has 0 spiro atoms. The smallest absolute Gasteiger partial charge is 0.342 e. The number of fused-ring (bicyclic) bond motifs is 1. The van der Waals surface area contributed by atoms with Gasteiger partial charge in [0.2, 0.25) is 0 Å². The Morgan fingerprint density at radius 1 is 0.947 bits per heavy atom. The lowest BCUT2D eigenvalue weighted by Crippen LogP contribution is -2.17. The Balaban J connectivity index is 1.77. The number of hydrogen-bond acceptors (Lipinski definition) is 10. The molecule has 1 N–H and O–H groups in total. The zero-order valence-corrected chi connectivity index (χ0v) is 21.9. The van der Waals surface area contributed by atoms with Gasteiger partial charge in [0.25, 0.3) is 5.91 Å². The molecule has 0 unspecified atom stereocenters. The second-order valence-corrected chi connectivity index (χ2v) is 9.73. The second kappa shape index (κ2) is 11.8. The number of nitrogens with one attached hydrogen (secondary N) is 1. The minimum atomic E-state index is -0.825. The summed E-state index contributed by atoms with van der Waals surface area (Å²) in [5.74, 6) is -2.14. The molecule has 1 amide bonds. The van der Waals surface area contributed by atoms with E-state index in [0.717, 1.165) is 33.4 Å². The zero-order chi connectivity index (χ0) is 27.2. The fraction of sp³-hybridized carbons (Fsp3) is 0.154. The monoisotopic (exact) mass is 551 g/mol. The Morgan fingerprint density at radius 2 is 1.63 bits per heavy atom. The third-order valence-corrected chi connectivity index (χ3v) is 7.17. The number of rotatable bonds is 9. The average molecular weight is 552 g/mol. The van der Waals surface area contributed by atoms with Crippen LogP contribution in [0.3, 0.4) is 0 Å². The van der Waals surface area contributed by atoms with Gasteiger partial charge in [-0.3, -0.25) is 14.9 Å². The van der Waals surface area contributed by atoms with Crippen molar-refractivity contribution in [3.05, 3.63) is 86.3 Å². The highest BCUT2D eigenvalue weighted by molar-refractivity contribution is 7.21. The molecular weight excluding hydrogens is 530 g/mol. The van der Waals surface area contributed by atoms with E-state index in [4.69, 9.17) is 9.47 Å². The molecular formula is C26H21N3O7S2. The molecule has 0 fully saturated rings. The van der Waals surface area contributed by atoms with Crippen molar-refractivity contribution in [3.63, 3.8) is 0 Å². The Morgan fingerprint density at radius 3 is 2.29 bits per heavy atom. The molecule has 0 atom stereocenters. The van der Waals surface area contributed by atoms with Gasteiger partial charge in [-0.15, -0.1) is 0 Å². The lowest BCUT2D eigenvalue weighted by Gasteiger charge is -2.09. The maximum Gasteiger partial charge on any atom is 0.342 e. The van der Waals surface area contributed by atoms with Crippen LogP contribution < -0.4 is 5.32 Å². The predicted octanol–water partition coefficient (Wildman–Crippen LogP) is 6.23. The van der Waals surface area contributed by atoms with Crippen LogP contribution in [-0.2, 0) is 9.47 Å². The molecule has 10 nitrogen and oxygen atoms in total.